The summed E-state index contributed by atoms with van der Waals surface area (Å²) in [6.07, 6.45) is 1.77. The third-order valence-electron chi connectivity index (χ3n) is 3.92. The average Bonchev–Trinajstić information content (AvgIpc) is 2.61. The van der Waals surface area contributed by atoms with E-state index in [1.165, 1.54) is 11.3 Å². The van der Waals surface area contributed by atoms with Gasteiger partial charge in [-0.25, -0.2) is 4.98 Å². The van der Waals surface area contributed by atoms with Gasteiger partial charge in [-0.2, -0.15) is 0 Å². The molecular formula is C18H22N4OS. The Morgan fingerprint density at radius 3 is 2.67 bits per heavy atom. The van der Waals surface area contributed by atoms with Gasteiger partial charge in [-0.05, 0) is 54.5 Å². The molecule has 1 aromatic heterocycles. The van der Waals surface area contributed by atoms with Gasteiger partial charge in [0.25, 0.3) is 0 Å². The number of aryl methyl sites for hydroxylation is 1. The molecule has 1 aliphatic rings. The van der Waals surface area contributed by atoms with Gasteiger partial charge in [-0.15, -0.1) is 0 Å². The lowest BCUT2D eigenvalue weighted by molar-refractivity contribution is 0.122. The van der Waals surface area contributed by atoms with Crippen molar-refractivity contribution < 1.29 is 4.74 Å². The minimum absolute atomic E-state index is 0.574. The number of aromatic nitrogens is 1. The van der Waals surface area contributed by atoms with Crippen LogP contribution in [0.25, 0.3) is 0 Å². The predicted octanol–water partition coefficient (Wildman–Crippen LogP) is 2.71. The number of anilines is 2. The Labute approximate surface area is 148 Å². The largest absolute Gasteiger partial charge is 0.378 e. The molecule has 126 valence electrons. The van der Waals surface area contributed by atoms with E-state index in [0.29, 0.717) is 11.7 Å². The minimum atomic E-state index is 0.574. The molecule has 2 N–H and O–H groups in total. The molecule has 1 saturated heterocycles. The molecule has 0 spiro atoms. The van der Waals surface area contributed by atoms with Crippen LogP contribution in [0.15, 0.2) is 42.6 Å². The van der Waals surface area contributed by atoms with Crippen LogP contribution in [0.1, 0.15) is 11.1 Å². The first kappa shape index (κ1) is 16.7. The average molecular weight is 342 g/mol. The van der Waals surface area contributed by atoms with Gasteiger partial charge in [0.15, 0.2) is 5.11 Å². The van der Waals surface area contributed by atoms with E-state index < -0.39 is 0 Å². The Morgan fingerprint density at radius 2 is 1.96 bits per heavy atom. The smallest absolute Gasteiger partial charge is 0.172 e. The van der Waals surface area contributed by atoms with Gasteiger partial charge in [0, 0.05) is 31.5 Å². The summed E-state index contributed by atoms with van der Waals surface area (Å²) in [5.74, 6) is 0.759. The lowest BCUT2D eigenvalue weighted by atomic mass is 10.2. The molecule has 0 radical (unpaired) electrons. The molecule has 2 heterocycles. The van der Waals surface area contributed by atoms with Crippen LogP contribution in [-0.4, -0.2) is 36.4 Å². The second kappa shape index (κ2) is 8.08. The summed E-state index contributed by atoms with van der Waals surface area (Å²) in [5.41, 5.74) is 3.58. The topological polar surface area (TPSA) is 49.4 Å². The molecule has 0 saturated carbocycles. The van der Waals surface area contributed by atoms with Crippen molar-refractivity contribution in [3.8, 4) is 0 Å². The SMILES string of the molecule is Cc1ccnc(NC(=S)NCc2ccc(N3CCOCC3)cc2)c1. The van der Waals surface area contributed by atoms with Crippen LogP contribution in [0.2, 0.25) is 0 Å². The standard InChI is InChI=1S/C18H22N4OS/c1-14-6-7-19-17(12-14)21-18(24)20-13-15-2-4-16(5-3-15)22-8-10-23-11-9-22/h2-7,12H,8-11,13H2,1H3,(H2,19,20,21,24). The number of hydrogen-bond donors (Lipinski definition) is 2. The number of hydrogen-bond acceptors (Lipinski definition) is 4. The molecule has 5 nitrogen and oxygen atoms in total. The number of pyridine rings is 1. The van der Waals surface area contributed by atoms with E-state index in [9.17, 15) is 0 Å². The fourth-order valence-electron chi connectivity index (χ4n) is 2.59. The molecule has 1 aliphatic heterocycles. The van der Waals surface area contributed by atoms with Crippen molar-refractivity contribution in [2.45, 2.75) is 13.5 Å². The van der Waals surface area contributed by atoms with Crippen LogP contribution in [0.3, 0.4) is 0 Å². The van der Waals surface area contributed by atoms with Crippen molar-refractivity contribution in [3.05, 3.63) is 53.7 Å². The summed E-state index contributed by atoms with van der Waals surface area (Å²) >= 11 is 5.32. The zero-order valence-corrected chi connectivity index (χ0v) is 14.6. The van der Waals surface area contributed by atoms with E-state index in [4.69, 9.17) is 17.0 Å². The van der Waals surface area contributed by atoms with E-state index in [2.05, 4.69) is 44.8 Å². The summed E-state index contributed by atoms with van der Waals surface area (Å²) < 4.78 is 5.39. The Hall–Kier alpha value is -2.18. The van der Waals surface area contributed by atoms with Gasteiger partial charge in [0.2, 0.25) is 0 Å². The van der Waals surface area contributed by atoms with Gasteiger partial charge >= 0.3 is 0 Å². The van der Waals surface area contributed by atoms with E-state index in [0.717, 1.165) is 37.7 Å². The minimum Gasteiger partial charge on any atom is -0.378 e. The summed E-state index contributed by atoms with van der Waals surface area (Å²) in [7, 11) is 0. The van der Waals surface area contributed by atoms with Crippen LogP contribution < -0.4 is 15.5 Å². The van der Waals surface area contributed by atoms with Gasteiger partial charge in [-0.3, -0.25) is 0 Å². The summed E-state index contributed by atoms with van der Waals surface area (Å²) in [6.45, 7) is 6.22. The molecular weight excluding hydrogens is 320 g/mol. The third kappa shape index (κ3) is 4.66. The Bertz CT molecular complexity index is 684. The van der Waals surface area contributed by atoms with Crippen molar-refractivity contribution >= 4 is 28.8 Å². The number of rotatable bonds is 4. The molecule has 1 fully saturated rings. The number of benzene rings is 1. The normalized spacial score (nSPS) is 14.3. The maximum Gasteiger partial charge on any atom is 0.172 e. The molecule has 0 unspecified atom stereocenters. The Kier molecular flexibility index (Phi) is 5.61. The van der Waals surface area contributed by atoms with Gasteiger partial charge in [0.1, 0.15) is 5.82 Å². The molecule has 1 aromatic carbocycles. The van der Waals surface area contributed by atoms with Crippen LogP contribution >= 0.6 is 12.2 Å². The van der Waals surface area contributed by atoms with E-state index in [1.54, 1.807) is 6.20 Å². The zero-order valence-electron chi connectivity index (χ0n) is 13.8. The molecule has 24 heavy (non-hydrogen) atoms. The fraction of sp³-hybridized carbons (Fsp3) is 0.333. The fourth-order valence-corrected chi connectivity index (χ4v) is 2.77. The maximum atomic E-state index is 5.39. The molecule has 0 bridgehead atoms. The highest BCUT2D eigenvalue weighted by molar-refractivity contribution is 7.80. The van der Waals surface area contributed by atoms with Crippen molar-refractivity contribution in [1.82, 2.24) is 10.3 Å². The van der Waals surface area contributed by atoms with E-state index in [1.807, 2.05) is 19.1 Å². The predicted molar refractivity (Wildman–Crippen MR) is 102 cm³/mol. The van der Waals surface area contributed by atoms with Crippen LogP contribution in [0.5, 0.6) is 0 Å². The van der Waals surface area contributed by atoms with Crippen LogP contribution in [0.4, 0.5) is 11.5 Å². The number of nitrogens with zero attached hydrogens (tertiary/aromatic N) is 2. The molecule has 0 atom stereocenters. The maximum absolute atomic E-state index is 5.39. The zero-order chi connectivity index (χ0) is 16.8. The Morgan fingerprint density at radius 1 is 1.21 bits per heavy atom. The van der Waals surface area contributed by atoms with Crippen molar-refractivity contribution in [2.75, 3.05) is 36.5 Å². The van der Waals surface area contributed by atoms with Crippen molar-refractivity contribution in [2.24, 2.45) is 0 Å². The van der Waals surface area contributed by atoms with Crippen LogP contribution in [0, 0.1) is 6.92 Å². The quantitative estimate of drug-likeness (QED) is 0.833. The molecule has 2 aromatic rings. The lowest BCUT2D eigenvalue weighted by Gasteiger charge is -2.28. The van der Waals surface area contributed by atoms with Crippen molar-refractivity contribution in [3.63, 3.8) is 0 Å². The Balaban J connectivity index is 1.50. The first-order valence-electron chi connectivity index (χ1n) is 8.10. The summed E-state index contributed by atoms with van der Waals surface area (Å²) in [4.78, 5) is 6.59. The van der Waals surface area contributed by atoms with Crippen LogP contribution in [-0.2, 0) is 11.3 Å². The molecule has 0 aliphatic carbocycles. The van der Waals surface area contributed by atoms with Gasteiger partial charge in [0.05, 0.1) is 13.2 Å². The second-order valence-corrected chi connectivity index (χ2v) is 6.20. The second-order valence-electron chi connectivity index (χ2n) is 5.79. The van der Waals surface area contributed by atoms with Gasteiger partial charge in [-0.1, -0.05) is 12.1 Å². The summed E-state index contributed by atoms with van der Waals surface area (Å²) in [6, 6.07) is 12.5. The summed E-state index contributed by atoms with van der Waals surface area (Å²) in [5, 5.41) is 6.89. The highest BCUT2D eigenvalue weighted by Gasteiger charge is 2.10. The first-order chi connectivity index (χ1) is 11.7. The molecule has 0 amide bonds. The third-order valence-corrected chi connectivity index (χ3v) is 4.17. The highest BCUT2D eigenvalue weighted by atomic mass is 32.1. The first-order valence-corrected chi connectivity index (χ1v) is 8.51. The molecule has 6 heteroatoms. The van der Waals surface area contributed by atoms with Gasteiger partial charge < -0.3 is 20.3 Å². The number of nitrogens with one attached hydrogen (secondary N) is 2. The monoisotopic (exact) mass is 342 g/mol. The molecule has 3 rings (SSSR count). The van der Waals surface area contributed by atoms with E-state index in [-0.39, 0.29) is 0 Å². The number of ether oxygens (including phenoxy) is 1. The van der Waals surface area contributed by atoms with E-state index >= 15 is 0 Å². The number of thiocarbonyl (C=S) groups is 1. The highest BCUT2D eigenvalue weighted by Crippen LogP contribution is 2.16. The van der Waals surface area contributed by atoms with Crippen molar-refractivity contribution in [1.29, 1.82) is 0 Å². The number of morpholine rings is 1. The lowest BCUT2D eigenvalue weighted by Crippen LogP contribution is -2.36.